The van der Waals surface area contributed by atoms with E-state index in [0.717, 1.165) is 0 Å². The molecule has 0 saturated carbocycles. The number of amides is 1. The fraction of sp³-hybridized carbons (Fsp3) is 0.250. The van der Waals surface area contributed by atoms with E-state index >= 15 is 0 Å². The average molecular weight is 130 g/mol. The first-order valence-electron chi connectivity index (χ1n) is 2.33. The van der Waals surface area contributed by atoms with Crippen LogP contribution in [0.3, 0.4) is 0 Å². The maximum absolute atomic E-state index is 9.91. The quantitative estimate of drug-likeness (QED) is 0.521. The predicted molar refractivity (Wildman–Crippen MR) is 28.1 cm³/mol. The van der Waals surface area contributed by atoms with Crippen molar-refractivity contribution in [2.75, 3.05) is 6.73 Å². The first-order chi connectivity index (χ1) is 4.29. The summed E-state index contributed by atoms with van der Waals surface area (Å²) in [6, 6.07) is 0. The van der Waals surface area contributed by atoms with E-state index in [0.29, 0.717) is 0 Å². The van der Waals surface area contributed by atoms with E-state index in [-0.39, 0.29) is 6.73 Å². The highest BCUT2D eigenvalue weighted by atomic mass is 16.5. The molecule has 5 heteroatoms. The van der Waals surface area contributed by atoms with Gasteiger partial charge in [0.15, 0.2) is 6.73 Å². The summed E-state index contributed by atoms with van der Waals surface area (Å²) in [5, 5.41) is 9.44. The van der Waals surface area contributed by atoms with Gasteiger partial charge in [-0.25, -0.2) is 10.2 Å². The topological polar surface area (TPSA) is 61.8 Å². The van der Waals surface area contributed by atoms with Crippen LogP contribution in [0.25, 0.3) is 0 Å². The number of nitrogens with zero attached hydrogens (tertiary/aromatic N) is 1. The van der Waals surface area contributed by atoms with E-state index in [9.17, 15) is 4.79 Å². The lowest BCUT2D eigenvalue weighted by Gasteiger charge is -2.10. The Bertz CT molecular complexity index is 145. The molecule has 1 amide bonds. The lowest BCUT2D eigenvalue weighted by Crippen LogP contribution is -2.36. The van der Waals surface area contributed by atoms with E-state index in [1.165, 1.54) is 17.5 Å². The molecule has 0 aliphatic carbocycles. The number of hydrazine groups is 1. The highest BCUT2D eigenvalue weighted by Crippen LogP contribution is 1.94. The molecule has 0 radical (unpaired) electrons. The van der Waals surface area contributed by atoms with Gasteiger partial charge < -0.3 is 9.84 Å². The van der Waals surface area contributed by atoms with Gasteiger partial charge >= 0.3 is 6.09 Å². The van der Waals surface area contributed by atoms with Gasteiger partial charge in [0, 0.05) is 0 Å². The monoisotopic (exact) mass is 130 g/mol. The number of rotatable bonds is 1. The molecule has 50 valence electrons. The van der Waals surface area contributed by atoms with Crippen LogP contribution in [-0.4, -0.2) is 22.9 Å². The molecule has 2 N–H and O–H groups in total. The lowest BCUT2D eigenvalue weighted by molar-refractivity contribution is 0.116. The smallest absolute Gasteiger partial charge is 0.423 e. The van der Waals surface area contributed by atoms with Gasteiger partial charge in [0.25, 0.3) is 0 Å². The van der Waals surface area contributed by atoms with Crippen molar-refractivity contribution in [2.45, 2.75) is 0 Å². The average Bonchev–Trinajstić information content (AvgIpc) is 2.15. The number of carbonyl (C=O) groups is 1. The van der Waals surface area contributed by atoms with Crippen LogP contribution in [0.1, 0.15) is 0 Å². The van der Waals surface area contributed by atoms with Crippen LogP contribution < -0.4 is 5.43 Å². The third-order valence-electron chi connectivity index (χ3n) is 0.790. The Morgan fingerprint density at radius 3 is 3.11 bits per heavy atom. The van der Waals surface area contributed by atoms with Gasteiger partial charge in [-0.05, 0) is 0 Å². The summed E-state index contributed by atoms with van der Waals surface area (Å²) in [6.07, 6.45) is 1.81. The van der Waals surface area contributed by atoms with Crippen molar-refractivity contribution in [3.8, 4) is 0 Å². The molecule has 0 bridgehead atoms. The first kappa shape index (κ1) is 5.74. The molecule has 1 rings (SSSR count). The van der Waals surface area contributed by atoms with Crippen LogP contribution in [-0.2, 0) is 4.74 Å². The molecule has 0 unspecified atom stereocenters. The van der Waals surface area contributed by atoms with Gasteiger partial charge in [-0.1, -0.05) is 0 Å². The normalized spacial score (nSPS) is 15.3. The first-order valence-corrected chi connectivity index (χ1v) is 2.33. The standard InChI is InChI=1S/C4H6N2O3/c7-4(8)5-6-1-2-9-3-6/h1-2,5H,3H2,(H,7,8). The molecule has 1 aliphatic heterocycles. The third kappa shape index (κ3) is 1.52. The summed E-state index contributed by atoms with van der Waals surface area (Å²) >= 11 is 0. The van der Waals surface area contributed by atoms with Crippen molar-refractivity contribution in [3.63, 3.8) is 0 Å². The highest BCUT2D eigenvalue weighted by Gasteiger charge is 2.05. The minimum atomic E-state index is -1.09. The molecule has 1 heterocycles. The number of nitrogens with one attached hydrogen (secondary N) is 1. The SMILES string of the molecule is O=C(O)NN1C=COC1. The number of hydrogen-bond acceptors (Lipinski definition) is 3. The van der Waals surface area contributed by atoms with Gasteiger partial charge in [-0.2, -0.15) is 0 Å². The minimum absolute atomic E-state index is 0.242. The van der Waals surface area contributed by atoms with Gasteiger partial charge in [0.05, 0.1) is 6.20 Å². The summed E-state index contributed by atoms with van der Waals surface area (Å²) in [6.45, 7) is 0.242. The summed E-state index contributed by atoms with van der Waals surface area (Å²) in [5.41, 5.74) is 2.08. The molecule has 0 fully saturated rings. The van der Waals surface area contributed by atoms with Gasteiger partial charge in [0.2, 0.25) is 0 Å². The predicted octanol–water partition coefficient (Wildman–Crippen LogP) is -0.0701. The molecule has 0 saturated heterocycles. The third-order valence-corrected chi connectivity index (χ3v) is 0.790. The van der Waals surface area contributed by atoms with E-state index in [1.807, 2.05) is 0 Å². The maximum atomic E-state index is 9.91. The molecule has 0 aromatic carbocycles. The van der Waals surface area contributed by atoms with Gasteiger partial charge in [0.1, 0.15) is 6.26 Å². The molecule has 9 heavy (non-hydrogen) atoms. The second kappa shape index (κ2) is 2.25. The zero-order chi connectivity index (χ0) is 6.69. The summed E-state index contributed by atoms with van der Waals surface area (Å²) in [7, 11) is 0. The lowest BCUT2D eigenvalue weighted by atomic mass is 10.9. The van der Waals surface area contributed by atoms with Crippen molar-refractivity contribution in [3.05, 3.63) is 12.5 Å². The van der Waals surface area contributed by atoms with E-state index in [2.05, 4.69) is 10.2 Å². The van der Waals surface area contributed by atoms with Gasteiger partial charge in [-0.15, -0.1) is 0 Å². The molecule has 0 atom stereocenters. The summed E-state index contributed by atoms with van der Waals surface area (Å²) in [5.74, 6) is 0. The van der Waals surface area contributed by atoms with Crippen LogP contribution >= 0.6 is 0 Å². The fourth-order valence-electron chi connectivity index (χ4n) is 0.475. The number of ether oxygens (including phenoxy) is 1. The second-order valence-electron chi connectivity index (χ2n) is 1.47. The van der Waals surface area contributed by atoms with Crippen LogP contribution in [0.2, 0.25) is 0 Å². The van der Waals surface area contributed by atoms with Crippen LogP contribution in [0, 0.1) is 0 Å². The van der Waals surface area contributed by atoms with Crippen molar-refractivity contribution in [2.24, 2.45) is 0 Å². The minimum Gasteiger partial charge on any atom is -0.477 e. The molecule has 0 aromatic rings. The Balaban J connectivity index is 2.28. The highest BCUT2D eigenvalue weighted by molar-refractivity contribution is 5.63. The van der Waals surface area contributed by atoms with E-state index < -0.39 is 6.09 Å². The summed E-state index contributed by atoms with van der Waals surface area (Å²) < 4.78 is 4.68. The van der Waals surface area contributed by atoms with Crippen molar-refractivity contribution < 1.29 is 14.6 Å². The molecular weight excluding hydrogens is 124 g/mol. The largest absolute Gasteiger partial charge is 0.477 e. The Morgan fingerprint density at radius 1 is 1.89 bits per heavy atom. The fourth-order valence-corrected chi connectivity index (χ4v) is 0.475. The van der Waals surface area contributed by atoms with Crippen molar-refractivity contribution in [1.29, 1.82) is 0 Å². The van der Waals surface area contributed by atoms with E-state index in [1.54, 1.807) is 0 Å². The van der Waals surface area contributed by atoms with Crippen molar-refractivity contribution >= 4 is 6.09 Å². The Kier molecular flexibility index (Phi) is 1.44. The maximum Gasteiger partial charge on any atom is 0.423 e. The number of hydrogen-bond donors (Lipinski definition) is 2. The molecule has 5 nitrogen and oxygen atoms in total. The zero-order valence-corrected chi connectivity index (χ0v) is 4.57. The molecular formula is C4H6N2O3. The van der Waals surface area contributed by atoms with E-state index in [4.69, 9.17) is 5.11 Å². The van der Waals surface area contributed by atoms with Crippen LogP contribution in [0.15, 0.2) is 12.5 Å². The molecule has 0 aromatic heterocycles. The van der Waals surface area contributed by atoms with Gasteiger partial charge in [-0.3, -0.25) is 5.01 Å². The molecule has 0 spiro atoms. The van der Waals surface area contributed by atoms with Crippen molar-refractivity contribution in [1.82, 2.24) is 10.4 Å². The Morgan fingerprint density at radius 2 is 2.67 bits per heavy atom. The zero-order valence-electron chi connectivity index (χ0n) is 4.57. The summed E-state index contributed by atoms with van der Waals surface area (Å²) in [4.78, 5) is 9.91. The Hall–Kier alpha value is -1.39. The molecule has 1 aliphatic rings. The van der Waals surface area contributed by atoms with Crippen LogP contribution in [0.4, 0.5) is 4.79 Å². The second-order valence-corrected chi connectivity index (χ2v) is 1.47. The van der Waals surface area contributed by atoms with Crippen LogP contribution in [0.5, 0.6) is 0 Å². The Labute approximate surface area is 51.5 Å². The number of carboxylic acid groups (broad SMARTS) is 1.